The second-order valence-electron chi connectivity index (χ2n) is 6.13. The fraction of sp³-hybridized carbons (Fsp3) is 0.938. The van der Waals surface area contributed by atoms with Crippen molar-refractivity contribution in [3.05, 3.63) is 0 Å². The van der Waals surface area contributed by atoms with Crippen molar-refractivity contribution in [3.8, 4) is 0 Å². The van der Waals surface area contributed by atoms with Crippen molar-refractivity contribution in [2.24, 2.45) is 0 Å². The molecule has 0 aromatic carbocycles. The van der Waals surface area contributed by atoms with Crippen LogP contribution in [0.5, 0.6) is 0 Å². The lowest BCUT2D eigenvalue weighted by atomic mass is 9.94. The number of rotatable bonds is 12. The van der Waals surface area contributed by atoms with E-state index in [1.807, 2.05) is 6.92 Å². The largest absolute Gasteiger partial charge is 0.468 e. The number of ether oxygens (including phenoxy) is 2. The van der Waals surface area contributed by atoms with Crippen molar-refractivity contribution >= 4 is 5.97 Å². The zero-order valence-electron chi connectivity index (χ0n) is 14.1. The minimum atomic E-state index is -0.528. The Morgan fingerprint density at radius 1 is 1.29 bits per heavy atom. The first-order chi connectivity index (χ1) is 10.1. The lowest BCUT2D eigenvalue weighted by molar-refractivity contribution is -0.148. The summed E-state index contributed by atoms with van der Waals surface area (Å²) in [5.41, 5.74) is -0.528. The van der Waals surface area contributed by atoms with Crippen LogP contribution in [0.1, 0.15) is 46.0 Å². The van der Waals surface area contributed by atoms with Gasteiger partial charge in [-0.2, -0.15) is 0 Å². The van der Waals surface area contributed by atoms with Crippen molar-refractivity contribution in [1.29, 1.82) is 0 Å². The summed E-state index contributed by atoms with van der Waals surface area (Å²) < 4.78 is 10.1. The average Bonchev–Trinajstić information content (AvgIpc) is 3.29. The topological polar surface area (TPSA) is 50.8 Å². The number of nitrogens with one attached hydrogen (secondary N) is 1. The fourth-order valence-corrected chi connectivity index (χ4v) is 2.60. The predicted octanol–water partition coefficient (Wildman–Crippen LogP) is 1.81. The number of hydrogen-bond donors (Lipinski definition) is 1. The Balaban J connectivity index is 2.30. The molecule has 21 heavy (non-hydrogen) atoms. The predicted molar refractivity (Wildman–Crippen MR) is 84.4 cm³/mol. The number of unbranched alkanes of at least 4 members (excludes halogenated alkanes) is 1. The van der Waals surface area contributed by atoms with Crippen LogP contribution in [0.3, 0.4) is 0 Å². The Kier molecular flexibility index (Phi) is 8.22. The molecule has 0 amide bonds. The molecule has 1 aliphatic carbocycles. The van der Waals surface area contributed by atoms with Gasteiger partial charge in [0.15, 0.2) is 0 Å². The van der Waals surface area contributed by atoms with Crippen molar-refractivity contribution in [1.82, 2.24) is 10.2 Å². The molecule has 1 unspecified atom stereocenters. The van der Waals surface area contributed by atoms with E-state index in [4.69, 9.17) is 9.47 Å². The Morgan fingerprint density at radius 2 is 2.00 bits per heavy atom. The molecule has 1 aliphatic rings. The first kappa shape index (κ1) is 18.4. The molecule has 1 N–H and O–H groups in total. The van der Waals surface area contributed by atoms with Gasteiger partial charge in [-0.1, -0.05) is 6.92 Å². The standard InChI is InChI=1S/C16H32N2O3/c1-5-18(12-13-20-3)11-7-6-10-16(2,15(19)21-4)17-14-8-9-14/h14,17H,5-13H2,1-4H3. The van der Waals surface area contributed by atoms with Crippen LogP contribution >= 0.6 is 0 Å². The first-order valence-corrected chi connectivity index (χ1v) is 8.13. The Labute approximate surface area is 129 Å². The van der Waals surface area contributed by atoms with Crippen LogP contribution in [-0.2, 0) is 14.3 Å². The second-order valence-corrected chi connectivity index (χ2v) is 6.13. The first-order valence-electron chi connectivity index (χ1n) is 8.13. The van der Waals surface area contributed by atoms with Crippen LogP contribution in [-0.4, -0.2) is 62.9 Å². The maximum absolute atomic E-state index is 12.0. The van der Waals surface area contributed by atoms with Crippen molar-refractivity contribution in [3.63, 3.8) is 0 Å². The van der Waals surface area contributed by atoms with Crippen molar-refractivity contribution in [2.75, 3.05) is 40.5 Å². The van der Waals surface area contributed by atoms with Gasteiger partial charge in [-0.3, -0.25) is 10.1 Å². The summed E-state index contributed by atoms with van der Waals surface area (Å²) in [5, 5.41) is 3.45. The van der Waals surface area contributed by atoms with Gasteiger partial charge in [0.1, 0.15) is 5.54 Å². The molecule has 5 nitrogen and oxygen atoms in total. The molecule has 1 rings (SSSR count). The highest BCUT2D eigenvalue weighted by Crippen LogP contribution is 2.26. The Morgan fingerprint density at radius 3 is 2.52 bits per heavy atom. The highest BCUT2D eigenvalue weighted by atomic mass is 16.5. The third-order valence-corrected chi connectivity index (χ3v) is 4.20. The van der Waals surface area contributed by atoms with Crippen molar-refractivity contribution < 1.29 is 14.3 Å². The molecule has 0 heterocycles. The minimum Gasteiger partial charge on any atom is -0.468 e. The molecule has 0 aliphatic heterocycles. The lowest BCUT2D eigenvalue weighted by Gasteiger charge is -2.28. The number of carbonyl (C=O) groups excluding carboxylic acids is 1. The maximum atomic E-state index is 12.0. The van der Waals surface area contributed by atoms with E-state index in [1.165, 1.54) is 20.0 Å². The number of esters is 1. The normalized spacial score (nSPS) is 17.8. The summed E-state index contributed by atoms with van der Waals surface area (Å²) in [5.74, 6) is -0.138. The Hall–Kier alpha value is -0.650. The molecule has 0 spiro atoms. The minimum absolute atomic E-state index is 0.138. The van der Waals surface area contributed by atoms with Gasteiger partial charge in [-0.05, 0) is 52.1 Å². The van der Waals surface area contributed by atoms with Crippen LogP contribution in [0, 0.1) is 0 Å². The summed E-state index contributed by atoms with van der Waals surface area (Å²) in [4.78, 5) is 14.4. The Bertz CT molecular complexity index is 308. The van der Waals surface area contributed by atoms with Crippen molar-refractivity contribution in [2.45, 2.75) is 57.5 Å². The number of likely N-dealkylation sites (N-methyl/N-ethyl adjacent to an activating group) is 1. The molecule has 1 atom stereocenters. The van der Waals surface area contributed by atoms with E-state index >= 15 is 0 Å². The molecule has 0 aromatic heterocycles. The summed E-state index contributed by atoms with van der Waals surface area (Å²) in [7, 11) is 3.21. The maximum Gasteiger partial charge on any atom is 0.325 e. The summed E-state index contributed by atoms with van der Waals surface area (Å²) in [6.07, 6.45) is 5.30. The van der Waals surface area contributed by atoms with Gasteiger partial charge < -0.3 is 14.4 Å². The van der Waals surface area contributed by atoms with Gasteiger partial charge in [0.2, 0.25) is 0 Å². The molecule has 0 saturated heterocycles. The molecule has 0 radical (unpaired) electrons. The molecular weight excluding hydrogens is 268 g/mol. The van der Waals surface area contributed by atoms with Gasteiger partial charge in [0.05, 0.1) is 13.7 Å². The van der Waals surface area contributed by atoms with E-state index < -0.39 is 5.54 Å². The molecular formula is C16H32N2O3. The third-order valence-electron chi connectivity index (χ3n) is 4.20. The summed E-state index contributed by atoms with van der Waals surface area (Å²) in [6.45, 7) is 7.99. The zero-order chi connectivity index (χ0) is 15.7. The van der Waals surface area contributed by atoms with E-state index in [2.05, 4.69) is 17.1 Å². The zero-order valence-corrected chi connectivity index (χ0v) is 14.1. The van der Waals surface area contributed by atoms with Crippen LogP contribution in [0.2, 0.25) is 0 Å². The van der Waals surface area contributed by atoms with Gasteiger partial charge >= 0.3 is 5.97 Å². The van der Waals surface area contributed by atoms with Gasteiger partial charge in [-0.25, -0.2) is 0 Å². The number of hydrogen-bond acceptors (Lipinski definition) is 5. The number of methoxy groups -OCH3 is 2. The van der Waals surface area contributed by atoms with Crippen LogP contribution in [0.4, 0.5) is 0 Å². The SMILES string of the molecule is CCN(CCCCC(C)(NC1CC1)C(=O)OC)CCOC. The van der Waals surface area contributed by atoms with E-state index in [0.29, 0.717) is 6.04 Å². The van der Waals surface area contributed by atoms with Crippen LogP contribution in [0.15, 0.2) is 0 Å². The molecule has 0 aromatic rings. The van der Waals surface area contributed by atoms with Gasteiger partial charge in [0.25, 0.3) is 0 Å². The quantitative estimate of drug-likeness (QED) is 0.440. The molecule has 1 fully saturated rings. The highest BCUT2D eigenvalue weighted by molar-refractivity contribution is 5.80. The summed E-state index contributed by atoms with van der Waals surface area (Å²) in [6, 6.07) is 0.503. The van der Waals surface area contributed by atoms with Crippen LogP contribution < -0.4 is 5.32 Å². The molecule has 124 valence electrons. The van der Waals surface area contributed by atoms with Gasteiger partial charge in [0, 0.05) is 19.7 Å². The van der Waals surface area contributed by atoms with E-state index in [1.54, 1.807) is 7.11 Å². The van der Waals surface area contributed by atoms with E-state index in [-0.39, 0.29) is 5.97 Å². The van der Waals surface area contributed by atoms with E-state index in [0.717, 1.165) is 45.5 Å². The molecule has 1 saturated carbocycles. The molecule has 5 heteroatoms. The fourth-order valence-electron chi connectivity index (χ4n) is 2.60. The highest BCUT2D eigenvalue weighted by Gasteiger charge is 2.38. The van der Waals surface area contributed by atoms with Crippen LogP contribution in [0.25, 0.3) is 0 Å². The van der Waals surface area contributed by atoms with E-state index in [9.17, 15) is 4.79 Å². The lowest BCUT2D eigenvalue weighted by Crippen LogP contribution is -2.51. The third kappa shape index (κ3) is 6.76. The van der Waals surface area contributed by atoms with Gasteiger partial charge in [-0.15, -0.1) is 0 Å². The summed E-state index contributed by atoms with van der Waals surface area (Å²) >= 11 is 0. The molecule has 0 bridgehead atoms. The average molecular weight is 300 g/mol. The monoisotopic (exact) mass is 300 g/mol. The number of nitrogens with zero attached hydrogens (tertiary/aromatic N) is 1. The smallest absolute Gasteiger partial charge is 0.325 e. The number of carbonyl (C=O) groups is 1. The second kappa shape index (κ2) is 9.38.